The molecule has 0 saturated heterocycles. The van der Waals surface area contributed by atoms with Crippen LogP contribution in [0.2, 0.25) is 0 Å². The van der Waals surface area contributed by atoms with Crippen LogP contribution in [0.25, 0.3) is 18.2 Å². The smallest absolute Gasteiger partial charge is 0.411 e. The van der Waals surface area contributed by atoms with E-state index in [4.69, 9.17) is 52.3 Å². The van der Waals surface area contributed by atoms with E-state index in [0.29, 0.717) is 45.2 Å². The number of ketones is 1. The predicted octanol–water partition coefficient (Wildman–Crippen LogP) is 12.6. The molecular formula is C73H98N3O18P. The molecule has 1 atom stereocenters. The zero-order valence-corrected chi connectivity index (χ0v) is 58.6. The second-order valence-electron chi connectivity index (χ2n) is 20.0. The normalized spacial score (nSPS) is 9.85. The number of primary amides is 1. The summed E-state index contributed by atoms with van der Waals surface area (Å²) < 4.78 is 42.8. The van der Waals surface area contributed by atoms with Gasteiger partial charge < -0.3 is 63.3 Å². The second-order valence-corrected chi connectivity index (χ2v) is 21.2. The number of benzene rings is 5. The number of carbonyl (C=O) groups is 10. The Morgan fingerprint density at radius 1 is 0.547 bits per heavy atom. The molecule has 2 amide bonds. The minimum absolute atomic E-state index is 0.00865. The maximum absolute atomic E-state index is 13.2. The quantitative estimate of drug-likeness (QED) is 0.0173. The number of Topliss-reactive ketones (excluding diaryl/α,β-unsaturated/α-hetero) is 1. The lowest BCUT2D eigenvalue weighted by molar-refractivity contribution is -0.143. The van der Waals surface area contributed by atoms with E-state index >= 15 is 0 Å². The zero-order valence-electron chi connectivity index (χ0n) is 57.6. The van der Waals surface area contributed by atoms with E-state index in [2.05, 4.69) is 59.7 Å². The molecule has 1 unspecified atom stereocenters. The summed E-state index contributed by atoms with van der Waals surface area (Å²) in [5.74, 6) is -1.03. The van der Waals surface area contributed by atoms with E-state index in [-0.39, 0.29) is 69.7 Å². The Balaban J connectivity index is 0. The van der Waals surface area contributed by atoms with Gasteiger partial charge in [-0.2, -0.15) is 0 Å². The van der Waals surface area contributed by atoms with Crippen LogP contribution in [0.15, 0.2) is 126 Å². The molecule has 518 valence electrons. The third-order valence-electron chi connectivity index (χ3n) is 12.0. The Morgan fingerprint density at radius 3 is 1.28 bits per heavy atom. The van der Waals surface area contributed by atoms with Crippen LogP contribution in [0.4, 0.5) is 16.2 Å². The first-order valence-corrected chi connectivity index (χ1v) is 31.8. The van der Waals surface area contributed by atoms with Crippen LogP contribution in [-0.2, 0) is 102 Å². The van der Waals surface area contributed by atoms with E-state index in [9.17, 15) is 33.6 Å². The molecule has 0 heterocycles. The highest BCUT2D eigenvalue weighted by molar-refractivity contribution is 7.46. The molecule has 5 aromatic carbocycles. The fraction of sp³-hybridized carbons (Fsp3) is 0.370. The molecule has 5 rings (SSSR count). The third-order valence-corrected chi connectivity index (χ3v) is 13.6. The number of esters is 5. The number of anilines is 2. The average Bonchev–Trinajstić information content (AvgIpc) is 0.874. The first kappa shape index (κ1) is 87.5. The maximum atomic E-state index is 13.2. The lowest BCUT2D eigenvalue weighted by Crippen LogP contribution is -2.19. The van der Waals surface area contributed by atoms with E-state index in [1.54, 1.807) is 26.2 Å². The van der Waals surface area contributed by atoms with Crippen LogP contribution in [0.1, 0.15) is 140 Å². The summed E-state index contributed by atoms with van der Waals surface area (Å²) >= 11 is 0. The highest BCUT2D eigenvalue weighted by atomic mass is 31.1. The van der Waals surface area contributed by atoms with Crippen LogP contribution in [0, 0.1) is 6.92 Å². The van der Waals surface area contributed by atoms with Crippen LogP contribution < -0.4 is 26.4 Å². The number of nitrogens with one attached hydrogen (secondary N) is 2. The number of ether oxygens (including phenoxy) is 8. The summed E-state index contributed by atoms with van der Waals surface area (Å²) in [7, 11) is 3.84. The Labute approximate surface area is 562 Å². The van der Waals surface area contributed by atoms with Gasteiger partial charge in [-0.25, -0.2) is 4.79 Å². The fourth-order valence-electron chi connectivity index (χ4n) is 7.48. The van der Waals surface area contributed by atoms with Gasteiger partial charge in [0.2, 0.25) is 6.41 Å². The summed E-state index contributed by atoms with van der Waals surface area (Å²) in [6.07, 6.45) is 10.3. The molecule has 22 heteroatoms. The second kappa shape index (κ2) is 54.9. The van der Waals surface area contributed by atoms with E-state index < -0.39 is 18.0 Å². The van der Waals surface area contributed by atoms with E-state index in [1.165, 1.54) is 52.7 Å². The molecule has 5 aromatic rings. The molecule has 21 nitrogen and oxygen atoms in total. The highest BCUT2D eigenvalue weighted by Gasteiger charge is 2.16. The number of aldehydes is 1. The van der Waals surface area contributed by atoms with Crippen molar-refractivity contribution in [1.29, 1.82) is 0 Å². The van der Waals surface area contributed by atoms with Gasteiger partial charge in [0.25, 0.3) is 0 Å². The summed E-state index contributed by atoms with van der Waals surface area (Å²) in [5, 5.41) is 7.10. The lowest BCUT2D eigenvalue weighted by atomic mass is 10.0. The number of unbranched alkanes of at least 4 members (excludes halogenated alkanes) is 1. The van der Waals surface area contributed by atoms with Crippen LogP contribution in [0.5, 0.6) is 5.75 Å². The van der Waals surface area contributed by atoms with Gasteiger partial charge in [-0.3, -0.25) is 34.1 Å². The van der Waals surface area contributed by atoms with Crippen LogP contribution in [-0.4, -0.2) is 115 Å². The zero-order chi connectivity index (χ0) is 71.9. The summed E-state index contributed by atoms with van der Waals surface area (Å²) in [6.45, 7) is 22.8. The Bertz CT molecular complexity index is 3120. The first-order valence-electron chi connectivity index (χ1n) is 30.6. The number of hydrogen-bond donors (Lipinski definition) is 3. The SMILES string of the molecule is C=O.CC.CC(=O)OCC(=Cc1ccc(C)cc1)COC(C)=O.CC=O.CCC(C)=O.CCCCc1cc(COC(=O)Nc2ccc(/C=C(\COC)COC(C)=O)cc2)c(PCc2ccc(NC)cc2)c(COc2ccc(C=C(COC(C)=O)COC(C)=O)cc2)c1.NC=O. The van der Waals surface area contributed by atoms with Gasteiger partial charge in [-0.1, -0.05) is 127 Å². The Morgan fingerprint density at radius 2 is 0.916 bits per heavy atom. The maximum Gasteiger partial charge on any atom is 0.411 e. The largest absolute Gasteiger partial charge is 0.489 e. The third kappa shape index (κ3) is 44.6. The van der Waals surface area contributed by atoms with Crippen molar-refractivity contribution < 1.29 is 85.8 Å². The predicted molar refractivity (Wildman–Crippen MR) is 375 cm³/mol. The van der Waals surface area contributed by atoms with E-state index in [0.717, 1.165) is 87.2 Å². The Hall–Kier alpha value is -9.59. The van der Waals surface area contributed by atoms with Crippen molar-refractivity contribution in [3.63, 3.8) is 0 Å². The molecule has 4 N–H and O–H groups in total. The summed E-state index contributed by atoms with van der Waals surface area (Å²) in [5.41, 5.74) is 16.0. The average molecular weight is 1340 g/mol. The minimum atomic E-state index is -0.579. The standard InChI is InChI=1S/C48H57N2O10P.C15H18O4.C4H8O.C2H4O.C2H6.CH3NO.CH2O/c1-7-8-9-39-24-42(30-59-46-20-14-37(15-21-46)23-41(28-57-34(3)52)29-58-35(4)53)47(61-32-38-12-16-44(49-5)17-13-38)43(25-39)31-60-48(54)50-45-18-10-36(11-19-45)22-40(26-55-6)27-56-33(2)51;1-11-4-6-14(7-5-11)8-15(9-18-12(2)16)10-19-13(3)17;1-3-4(2)5;1-2-3;1-2;2-1-3;1-2/h10-25,49,61H,7-9,26-32H2,1-6H3,(H,50,54);4-8H,9-10H2,1-3H3;3H2,1-2H3;2H,1H3;1-2H3;1H,(H2,2,3);1H2/b40-22+;;;;;;. The molecule has 0 aromatic heterocycles. The highest BCUT2D eigenvalue weighted by Crippen LogP contribution is 2.28. The first-order chi connectivity index (χ1) is 45.5. The molecule has 0 aliphatic carbocycles. The number of aryl methyl sites for hydroxylation is 2. The van der Waals surface area contributed by atoms with Gasteiger partial charge in [0.1, 0.15) is 70.9 Å². The molecule has 0 aliphatic heterocycles. The molecular weight excluding hydrogens is 1240 g/mol. The fourth-order valence-corrected chi connectivity index (χ4v) is 8.84. The summed E-state index contributed by atoms with van der Waals surface area (Å²) in [6, 6.07) is 35.4. The summed E-state index contributed by atoms with van der Waals surface area (Å²) in [4.78, 5) is 104. The minimum Gasteiger partial charge on any atom is -0.489 e. The number of amides is 2. The van der Waals surface area contributed by atoms with Crippen molar-refractivity contribution in [3.05, 3.63) is 170 Å². The number of carbonyl (C=O) groups excluding carboxylic acids is 10. The van der Waals surface area contributed by atoms with Gasteiger partial charge >= 0.3 is 35.9 Å². The number of nitrogens with two attached hydrogens (primary N) is 1. The van der Waals surface area contributed by atoms with Crippen molar-refractivity contribution >= 4 is 105 Å². The molecule has 0 spiro atoms. The van der Waals surface area contributed by atoms with Crippen molar-refractivity contribution in [1.82, 2.24) is 0 Å². The van der Waals surface area contributed by atoms with Crippen LogP contribution in [0.3, 0.4) is 0 Å². The monoisotopic (exact) mass is 1340 g/mol. The molecule has 95 heavy (non-hydrogen) atoms. The van der Waals surface area contributed by atoms with Crippen LogP contribution >= 0.6 is 8.58 Å². The van der Waals surface area contributed by atoms with Crippen molar-refractivity contribution in [2.45, 2.75) is 128 Å². The van der Waals surface area contributed by atoms with Crippen molar-refractivity contribution in [2.75, 3.05) is 64.4 Å². The van der Waals surface area contributed by atoms with Gasteiger partial charge in [-0.05, 0) is 138 Å². The van der Waals surface area contributed by atoms with Gasteiger partial charge in [0.15, 0.2) is 0 Å². The van der Waals surface area contributed by atoms with E-state index in [1.807, 2.05) is 120 Å². The molecule has 0 fully saturated rings. The molecule has 0 radical (unpaired) electrons. The molecule has 0 aliphatic rings. The number of methoxy groups -OCH3 is 1. The Kier molecular flexibility index (Phi) is 50.6. The van der Waals surface area contributed by atoms with Gasteiger partial charge in [0.05, 0.1) is 6.61 Å². The number of rotatable bonds is 29. The number of hydrogen-bond acceptors (Lipinski definition) is 19. The topological polar surface area (TPSA) is 295 Å². The lowest BCUT2D eigenvalue weighted by Gasteiger charge is -2.19. The van der Waals surface area contributed by atoms with Gasteiger partial charge in [0, 0.05) is 77.7 Å². The van der Waals surface area contributed by atoms with Crippen molar-refractivity contribution in [3.8, 4) is 5.75 Å². The van der Waals surface area contributed by atoms with Gasteiger partial charge in [-0.15, -0.1) is 0 Å². The van der Waals surface area contributed by atoms with Crippen molar-refractivity contribution in [2.24, 2.45) is 5.73 Å². The molecule has 0 bridgehead atoms. The molecule has 0 saturated carbocycles.